The minimum absolute atomic E-state index is 0.0532. The number of furan rings is 1. The summed E-state index contributed by atoms with van der Waals surface area (Å²) in [6.45, 7) is 5.30. The monoisotopic (exact) mass is 409 g/mol. The van der Waals surface area contributed by atoms with Crippen molar-refractivity contribution < 1.29 is 22.8 Å². The minimum Gasteiger partial charge on any atom is -0.400 e. The number of hydrogen-bond donors (Lipinski definition) is 3. The summed E-state index contributed by atoms with van der Waals surface area (Å²) < 4.78 is 32.3. The topological polar surface area (TPSA) is 129 Å². The van der Waals surface area contributed by atoms with Crippen LogP contribution >= 0.6 is 0 Å². The summed E-state index contributed by atoms with van der Waals surface area (Å²) in [5.41, 5.74) is 0.658. The average molecular weight is 409 g/mol. The first-order valence-electron chi connectivity index (χ1n) is 8.95. The molecule has 1 aliphatic rings. The first kappa shape index (κ1) is 20.3. The molecule has 1 aromatic carbocycles. The zero-order valence-electron chi connectivity index (χ0n) is 15.8. The Morgan fingerprint density at radius 1 is 1.18 bits per heavy atom. The van der Waals surface area contributed by atoms with E-state index in [0.717, 1.165) is 12.8 Å². The molecule has 0 saturated carbocycles. The minimum atomic E-state index is -3.55. The third-order valence-corrected chi connectivity index (χ3v) is 6.88. The summed E-state index contributed by atoms with van der Waals surface area (Å²) in [5, 5.41) is 12.9. The number of hydrazine groups is 1. The lowest BCUT2D eigenvalue weighted by molar-refractivity contribution is -0.489. The molecule has 1 aliphatic heterocycles. The zero-order chi connectivity index (χ0) is 20.5. The molecular formula is C18H25N4O5S+. The van der Waals surface area contributed by atoms with Crippen molar-refractivity contribution in [1.29, 1.82) is 0 Å². The fraction of sp³-hybridized carbons (Fsp3) is 0.444. The summed E-state index contributed by atoms with van der Waals surface area (Å²) in [5.74, 6) is 5.00. The molecule has 0 spiro atoms. The van der Waals surface area contributed by atoms with Crippen molar-refractivity contribution in [2.75, 3.05) is 18.4 Å². The number of hydrogen-bond acceptors (Lipinski definition) is 6. The number of nitrogens with two attached hydrogens (primary N) is 1. The fourth-order valence-corrected chi connectivity index (χ4v) is 4.48. The van der Waals surface area contributed by atoms with E-state index in [9.17, 15) is 18.4 Å². The predicted molar refractivity (Wildman–Crippen MR) is 103 cm³/mol. The Morgan fingerprint density at radius 3 is 2.32 bits per heavy atom. The van der Waals surface area contributed by atoms with Crippen molar-refractivity contribution in [1.82, 2.24) is 4.31 Å². The number of nitroso groups, excluding NO2 is 1. The van der Waals surface area contributed by atoms with Crippen LogP contribution in [-0.2, 0) is 10.0 Å². The van der Waals surface area contributed by atoms with E-state index in [4.69, 9.17) is 10.3 Å². The van der Waals surface area contributed by atoms with Crippen molar-refractivity contribution in [2.45, 2.75) is 37.8 Å². The predicted octanol–water partition coefficient (Wildman–Crippen LogP) is 2.48. The van der Waals surface area contributed by atoms with E-state index >= 15 is 0 Å². The SMILES string of the molecule is CC1(C)CCN(S(=O)(=O)c2ccc(NC(O)c3ccc([N+](N)=O)o3)cc2)CC1. The number of anilines is 1. The van der Waals surface area contributed by atoms with Gasteiger partial charge in [-0.25, -0.2) is 8.42 Å². The van der Waals surface area contributed by atoms with Crippen LogP contribution in [0.4, 0.5) is 11.6 Å². The molecule has 1 unspecified atom stereocenters. The summed E-state index contributed by atoms with van der Waals surface area (Å²) in [6.07, 6.45) is 0.431. The Kier molecular flexibility index (Phi) is 5.46. The Hall–Kier alpha value is -2.43. The molecule has 9 nitrogen and oxygen atoms in total. The van der Waals surface area contributed by atoms with Crippen LogP contribution in [0, 0.1) is 10.3 Å². The van der Waals surface area contributed by atoms with E-state index in [1.807, 2.05) is 0 Å². The largest absolute Gasteiger partial charge is 0.454 e. The number of nitrogens with zero attached hydrogens (tertiary/aromatic N) is 2. The second-order valence-corrected chi connectivity index (χ2v) is 9.58. The second kappa shape index (κ2) is 7.53. The third kappa shape index (κ3) is 4.34. The maximum Gasteiger partial charge on any atom is 0.454 e. The van der Waals surface area contributed by atoms with Crippen LogP contribution in [0.1, 0.15) is 38.7 Å². The van der Waals surface area contributed by atoms with Gasteiger partial charge < -0.3 is 14.8 Å². The fourth-order valence-electron chi connectivity index (χ4n) is 3.04. The molecule has 0 bridgehead atoms. The van der Waals surface area contributed by atoms with E-state index in [1.54, 1.807) is 12.1 Å². The van der Waals surface area contributed by atoms with E-state index in [2.05, 4.69) is 19.2 Å². The molecule has 4 N–H and O–H groups in total. The van der Waals surface area contributed by atoms with Crippen molar-refractivity contribution >= 4 is 21.6 Å². The van der Waals surface area contributed by atoms with Crippen LogP contribution in [0.5, 0.6) is 0 Å². The molecule has 0 amide bonds. The highest BCUT2D eigenvalue weighted by molar-refractivity contribution is 7.89. The summed E-state index contributed by atoms with van der Waals surface area (Å²) in [4.78, 5) is 11.2. The molecule has 0 aliphatic carbocycles. The normalized spacial score (nSPS) is 18.5. The lowest BCUT2D eigenvalue weighted by Gasteiger charge is -2.36. The maximum absolute atomic E-state index is 12.8. The van der Waals surface area contributed by atoms with Gasteiger partial charge in [0.05, 0.1) is 15.9 Å². The van der Waals surface area contributed by atoms with Gasteiger partial charge in [-0.1, -0.05) is 13.8 Å². The van der Waals surface area contributed by atoms with E-state index in [0.29, 0.717) is 18.8 Å². The van der Waals surface area contributed by atoms with E-state index in [-0.39, 0.29) is 26.8 Å². The highest BCUT2D eigenvalue weighted by Gasteiger charge is 2.32. The average Bonchev–Trinajstić information content (AvgIpc) is 3.12. The standard InChI is InChI=1S/C18H25N4O5S/c1-18(2)9-11-21(12-10-18)28(25,26)14-5-3-13(4-6-14)20-17(23)15-7-8-16(27-15)22(19)24/h3-8,17,20,23H,9-12H2,1-2H3,(H2,19,24)/q+1. The summed E-state index contributed by atoms with van der Waals surface area (Å²) in [7, 11) is -3.55. The molecule has 10 heteroatoms. The molecule has 2 heterocycles. The van der Waals surface area contributed by atoms with Gasteiger partial charge in [0.2, 0.25) is 10.0 Å². The Balaban J connectivity index is 1.68. The molecular weight excluding hydrogens is 384 g/mol. The number of piperidine rings is 1. The van der Waals surface area contributed by atoms with Crippen molar-refractivity contribution in [3.8, 4) is 0 Å². The van der Waals surface area contributed by atoms with Crippen LogP contribution < -0.4 is 11.2 Å². The van der Waals surface area contributed by atoms with Crippen molar-refractivity contribution in [2.24, 2.45) is 11.3 Å². The lowest BCUT2D eigenvalue weighted by atomic mass is 9.83. The van der Waals surface area contributed by atoms with Crippen LogP contribution in [0.15, 0.2) is 45.7 Å². The Bertz CT molecular complexity index is 943. The van der Waals surface area contributed by atoms with Gasteiger partial charge in [-0.15, -0.1) is 0 Å². The van der Waals surface area contributed by atoms with Crippen LogP contribution in [-0.4, -0.2) is 35.8 Å². The van der Waals surface area contributed by atoms with Gasteiger partial charge >= 0.3 is 5.88 Å². The number of sulfonamides is 1. The van der Waals surface area contributed by atoms with E-state index < -0.39 is 16.3 Å². The Labute approximate surface area is 163 Å². The number of nitrogens with one attached hydrogen (secondary N) is 1. The van der Waals surface area contributed by atoms with Crippen LogP contribution in [0.3, 0.4) is 0 Å². The summed E-state index contributed by atoms with van der Waals surface area (Å²) in [6, 6.07) is 8.88. The van der Waals surface area contributed by atoms with Gasteiger partial charge in [0.25, 0.3) is 0 Å². The molecule has 28 heavy (non-hydrogen) atoms. The quantitative estimate of drug-likeness (QED) is 0.289. The highest BCUT2D eigenvalue weighted by Crippen LogP contribution is 2.32. The van der Waals surface area contributed by atoms with Crippen molar-refractivity contribution in [3.63, 3.8) is 0 Å². The number of rotatable bonds is 6. The van der Waals surface area contributed by atoms with Crippen LogP contribution in [0.2, 0.25) is 0 Å². The van der Waals surface area contributed by atoms with Gasteiger partial charge in [-0.3, -0.25) is 0 Å². The van der Waals surface area contributed by atoms with Crippen LogP contribution in [0.25, 0.3) is 0 Å². The molecule has 3 rings (SSSR count). The second-order valence-electron chi connectivity index (χ2n) is 7.64. The molecule has 1 atom stereocenters. The molecule has 0 radical (unpaired) electrons. The molecule has 1 fully saturated rings. The lowest BCUT2D eigenvalue weighted by Crippen LogP contribution is -2.41. The van der Waals surface area contributed by atoms with E-state index in [1.165, 1.54) is 28.6 Å². The molecule has 2 aromatic rings. The van der Waals surface area contributed by atoms with Gasteiger partial charge in [-0.2, -0.15) is 10.1 Å². The Morgan fingerprint density at radius 2 is 1.79 bits per heavy atom. The summed E-state index contributed by atoms with van der Waals surface area (Å²) >= 11 is 0. The maximum atomic E-state index is 12.8. The highest BCUT2D eigenvalue weighted by atomic mass is 32.2. The number of benzene rings is 1. The van der Waals surface area contributed by atoms with Gasteiger partial charge in [0.15, 0.2) is 16.9 Å². The molecule has 152 valence electrons. The smallest absolute Gasteiger partial charge is 0.400 e. The first-order valence-corrected chi connectivity index (χ1v) is 10.4. The number of aliphatic hydroxyl groups excluding tert-OH is 1. The van der Waals surface area contributed by atoms with Gasteiger partial charge in [0.1, 0.15) is 0 Å². The third-order valence-electron chi connectivity index (χ3n) is 4.97. The molecule has 1 aromatic heterocycles. The van der Waals surface area contributed by atoms with Crippen molar-refractivity contribution in [3.05, 3.63) is 47.1 Å². The molecule has 1 saturated heterocycles. The van der Waals surface area contributed by atoms with Gasteiger partial charge in [-0.05, 0) is 48.6 Å². The first-order chi connectivity index (χ1) is 13.1. The zero-order valence-corrected chi connectivity index (χ0v) is 16.6. The van der Waals surface area contributed by atoms with Gasteiger partial charge in [0, 0.05) is 18.8 Å². The number of aliphatic hydroxyl groups is 1.